The van der Waals surface area contributed by atoms with Crippen LogP contribution in [-0.4, -0.2) is 27.1 Å². The number of nitrogens with zero attached hydrogens (tertiary/aromatic N) is 2. The SMILES string of the molecule is O=C(Nc1ccc(-c2n[nH]c(C3CC3)n2)cc1)C1CC(c2ccccc2)NN1. The largest absolute Gasteiger partial charge is 0.325 e. The van der Waals surface area contributed by atoms with E-state index in [0.717, 1.165) is 17.1 Å². The minimum absolute atomic E-state index is 0.0485. The van der Waals surface area contributed by atoms with E-state index in [2.05, 4.69) is 43.5 Å². The van der Waals surface area contributed by atoms with Crippen LogP contribution in [-0.2, 0) is 4.79 Å². The van der Waals surface area contributed by atoms with Gasteiger partial charge in [-0.3, -0.25) is 9.89 Å². The molecule has 2 aliphatic rings. The first kappa shape index (κ1) is 17.1. The Morgan fingerprint density at radius 1 is 1.00 bits per heavy atom. The molecule has 142 valence electrons. The van der Waals surface area contributed by atoms with Gasteiger partial charge in [0.15, 0.2) is 5.82 Å². The van der Waals surface area contributed by atoms with Crippen molar-refractivity contribution in [3.05, 3.63) is 66.0 Å². The fourth-order valence-electron chi connectivity index (χ4n) is 3.51. The summed E-state index contributed by atoms with van der Waals surface area (Å²) in [5, 5.41) is 10.3. The predicted octanol–water partition coefficient (Wildman–Crippen LogP) is 2.90. The van der Waals surface area contributed by atoms with Gasteiger partial charge in [0.05, 0.1) is 0 Å². The van der Waals surface area contributed by atoms with Crippen LogP contribution in [0.3, 0.4) is 0 Å². The van der Waals surface area contributed by atoms with Crippen molar-refractivity contribution >= 4 is 11.6 Å². The third-order valence-electron chi connectivity index (χ3n) is 5.30. The van der Waals surface area contributed by atoms with Gasteiger partial charge in [-0.1, -0.05) is 30.3 Å². The normalized spacial score (nSPS) is 21.6. The number of hydrazine groups is 1. The van der Waals surface area contributed by atoms with Crippen molar-refractivity contribution in [2.45, 2.75) is 37.3 Å². The molecule has 3 aromatic rings. The molecule has 1 aliphatic carbocycles. The summed E-state index contributed by atoms with van der Waals surface area (Å²) in [5.74, 6) is 2.17. The Kier molecular flexibility index (Phi) is 4.38. The average molecular weight is 374 g/mol. The zero-order valence-electron chi connectivity index (χ0n) is 15.4. The smallest absolute Gasteiger partial charge is 0.242 e. The zero-order chi connectivity index (χ0) is 18.9. The first-order valence-electron chi connectivity index (χ1n) is 9.66. The average Bonchev–Trinajstić information content (AvgIpc) is 3.27. The summed E-state index contributed by atoms with van der Waals surface area (Å²) in [6, 6.07) is 17.6. The molecule has 0 spiro atoms. The van der Waals surface area contributed by atoms with Gasteiger partial charge in [-0.2, -0.15) is 5.10 Å². The van der Waals surface area contributed by atoms with Crippen LogP contribution in [0.25, 0.3) is 11.4 Å². The molecule has 2 aromatic carbocycles. The summed E-state index contributed by atoms with van der Waals surface area (Å²) in [6.07, 6.45) is 3.08. The number of hydrogen-bond donors (Lipinski definition) is 4. The fourth-order valence-corrected chi connectivity index (χ4v) is 3.51. The maximum atomic E-state index is 12.6. The maximum absolute atomic E-state index is 12.6. The molecule has 1 aliphatic heterocycles. The van der Waals surface area contributed by atoms with E-state index in [1.165, 1.54) is 18.4 Å². The van der Waals surface area contributed by atoms with E-state index in [9.17, 15) is 4.79 Å². The topological polar surface area (TPSA) is 94.7 Å². The Hall–Kier alpha value is -3.03. The van der Waals surface area contributed by atoms with Crippen molar-refractivity contribution in [2.24, 2.45) is 0 Å². The van der Waals surface area contributed by atoms with Crippen molar-refractivity contribution in [1.82, 2.24) is 26.0 Å². The molecular weight excluding hydrogens is 352 g/mol. The van der Waals surface area contributed by atoms with E-state index < -0.39 is 0 Å². The lowest BCUT2D eigenvalue weighted by Crippen LogP contribution is -2.39. The number of nitrogens with one attached hydrogen (secondary N) is 4. The van der Waals surface area contributed by atoms with E-state index in [1.807, 2.05) is 42.5 Å². The molecule has 0 bridgehead atoms. The van der Waals surface area contributed by atoms with Crippen molar-refractivity contribution in [1.29, 1.82) is 0 Å². The summed E-state index contributed by atoms with van der Waals surface area (Å²) in [5.41, 5.74) is 9.17. The van der Waals surface area contributed by atoms with Gasteiger partial charge in [-0.25, -0.2) is 15.8 Å². The van der Waals surface area contributed by atoms with Gasteiger partial charge in [-0.05, 0) is 49.1 Å². The molecule has 7 heteroatoms. The molecule has 28 heavy (non-hydrogen) atoms. The number of aromatic amines is 1. The summed E-state index contributed by atoms with van der Waals surface area (Å²) in [4.78, 5) is 17.1. The van der Waals surface area contributed by atoms with E-state index in [4.69, 9.17) is 0 Å². The predicted molar refractivity (Wildman–Crippen MR) is 106 cm³/mol. The minimum atomic E-state index is -0.279. The number of benzene rings is 2. The molecular formula is C21H22N6O. The Balaban J connectivity index is 1.20. The molecule has 2 fully saturated rings. The molecule has 7 nitrogen and oxygen atoms in total. The molecule has 0 radical (unpaired) electrons. The van der Waals surface area contributed by atoms with E-state index in [-0.39, 0.29) is 18.0 Å². The minimum Gasteiger partial charge on any atom is -0.325 e. The highest BCUT2D eigenvalue weighted by atomic mass is 16.2. The number of rotatable bonds is 5. The van der Waals surface area contributed by atoms with Gasteiger partial charge in [0.2, 0.25) is 5.91 Å². The van der Waals surface area contributed by atoms with Crippen molar-refractivity contribution in [3.63, 3.8) is 0 Å². The van der Waals surface area contributed by atoms with Crippen LogP contribution < -0.4 is 16.2 Å². The lowest BCUT2D eigenvalue weighted by molar-refractivity contribution is -0.117. The molecule has 1 saturated heterocycles. The lowest BCUT2D eigenvalue weighted by Gasteiger charge is -2.11. The van der Waals surface area contributed by atoms with Gasteiger partial charge in [0.25, 0.3) is 0 Å². The van der Waals surface area contributed by atoms with Crippen LogP contribution in [0.15, 0.2) is 54.6 Å². The molecule has 4 N–H and O–H groups in total. The molecule has 1 saturated carbocycles. The highest BCUT2D eigenvalue weighted by molar-refractivity contribution is 5.95. The van der Waals surface area contributed by atoms with Crippen molar-refractivity contribution < 1.29 is 4.79 Å². The quantitative estimate of drug-likeness (QED) is 0.551. The monoisotopic (exact) mass is 374 g/mol. The molecule has 2 heterocycles. The molecule has 2 atom stereocenters. The molecule has 1 aromatic heterocycles. The van der Waals surface area contributed by atoms with Gasteiger partial charge >= 0.3 is 0 Å². The molecule has 5 rings (SSSR count). The first-order chi connectivity index (χ1) is 13.8. The third-order valence-corrected chi connectivity index (χ3v) is 5.30. The standard InChI is InChI=1S/C21H22N6O/c28-21(18-12-17(24-25-18)13-4-2-1-3-5-13)22-16-10-8-15(9-11-16)20-23-19(26-27-20)14-6-7-14/h1-5,8-11,14,17-18,24-25H,6-7,12H2,(H,22,28)(H,23,26,27). The van der Waals surface area contributed by atoms with Crippen LogP contribution in [0.5, 0.6) is 0 Å². The first-order valence-corrected chi connectivity index (χ1v) is 9.66. The van der Waals surface area contributed by atoms with E-state index >= 15 is 0 Å². The van der Waals surface area contributed by atoms with E-state index in [0.29, 0.717) is 18.2 Å². The summed E-state index contributed by atoms with van der Waals surface area (Å²) >= 11 is 0. The highest BCUT2D eigenvalue weighted by Crippen LogP contribution is 2.38. The fraction of sp³-hybridized carbons (Fsp3) is 0.286. The third kappa shape index (κ3) is 3.54. The second-order valence-electron chi connectivity index (χ2n) is 7.43. The van der Waals surface area contributed by atoms with Gasteiger partial charge < -0.3 is 5.32 Å². The van der Waals surface area contributed by atoms with Gasteiger partial charge in [0, 0.05) is 23.2 Å². The molecule has 2 unspecified atom stereocenters. The number of aromatic nitrogens is 3. The van der Waals surface area contributed by atoms with Crippen molar-refractivity contribution in [2.75, 3.05) is 5.32 Å². The molecule has 1 amide bonds. The number of carbonyl (C=O) groups is 1. The van der Waals surface area contributed by atoms with Crippen LogP contribution in [0.4, 0.5) is 5.69 Å². The number of amides is 1. The Morgan fingerprint density at radius 2 is 1.79 bits per heavy atom. The second-order valence-corrected chi connectivity index (χ2v) is 7.43. The summed E-state index contributed by atoms with van der Waals surface area (Å²) in [6.45, 7) is 0. The Labute approximate surface area is 162 Å². The Morgan fingerprint density at radius 3 is 2.54 bits per heavy atom. The van der Waals surface area contributed by atoms with Gasteiger partial charge in [-0.15, -0.1) is 0 Å². The van der Waals surface area contributed by atoms with Crippen LogP contribution in [0.1, 0.15) is 42.6 Å². The maximum Gasteiger partial charge on any atom is 0.242 e. The number of anilines is 1. The number of H-pyrrole nitrogens is 1. The van der Waals surface area contributed by atoms with Crippen LogP contribution in [0.2, 0.25) is 0 Å². The van der Waals surface area contributed by atoms with Crippen LogP contribution >= 0.6 is 0 Å². The zero-order valence-corrected chi connectivity index (χ0v) is 15.4. The number of hydrogen-bond acceptors (Lipinski definition) is 5. The van der Waals surface area contributed by atoms with Crippen molar-refractivity contribution in [3.8, 4) is 11.4 Å². The number of carbonyl (C=O) groups excluding carboxylic acids is 1. The summed E-state index contributed by atoms with van der Waals surface area (Å²) < 4.78 is 0. The van der Waals surface area contributed by atoms with Crippen LogP contribution in [0, 0.1) is 0 Å². The lowest BCUT2D eigenvalue weighted by atomic mass is 10.0. The van der Waals surface area contributed by atoms with Gasteiger partial charge in [0.1, 0.15) is 11.9 Å². The second kappa shape index (κ2) is 7.18. The Bertz CT molecular complexity index is 964. The van der Waals surface area contributed by atoms with E-state index in [1.54, 1.807) is 0 Å². The highest BCUT2D eigenvalue weighted by Gasteiger charge is 2.30. The summed E-state index contributed by atoms with van der Waals surface area (Å²) in [7, 11) is 0.